The molecule has 1 aromatic carbocycles. The van der Waals surface area contributed by atoms with Crippen LogP contribution in [0.2, 0.25) is 5.02 Å². The van der Waals surface area contributed by atoms with Gasteiger partial charge < -0.3 is 10.2 Å². The van der Waals surface area contributed by atoms with Gasteiger partial charge >= 0.3 is 0 Å². The van der Waals surface area contributed by atoms with Gasteiger partial charge in [-0.3, -0.25) is 9.59 Å². The van der Waals surface area contributed by atoms with E-state index in [4.69, 9.17) is 11.6 Å². The van der Waals surface area contributed by atoms with E-state index in [1.807, 2.05) is 38.1 Å². The smallest absolute Gasteiger partial charge is 0.249 e. The molecule has 5 heteroatoms. The minimum atomic E-state index is -0.759. The van der Waals surface area contributed by atoms with Crippen molar-refractivity contribution in [1.82, 2.24) is 10.2 Å². The molecular weight excluding hydrogens is 288 g/mol. The molecule has 1 heterocycles. The average Bonchev–Trinajstić information content (AvgIpc) is 3.27. The van der Waals surface area contributed by atoms with E-state index < -0.39 is 5.54 Å². The Morgan fingerprint density at radius 2 is 2.00 bits per heavy atom. The number of halogens is 1. The summed E-state index contributed by atoms with van der Waals surface area (Å²) in [6.07, 6.45) is 1.99. The van der Waals surface area contributed by atoms with Gasteiger partial charge in [-0.05, 0) is 44.2 Å². The number of carbonyl (C=O) groups is 2. The summed E-state index contributed by atoms with van der Waals surface area (Å²) in [6, 6.07) is 7.25. The number of nitrogens with one attached hydrogen (secondary N) is 1. The Hall–Kier alpha value is -1.55. The molecule has 1 saturated carbocycles. The zero-order valence-corrected chi connectivity index (χ0v) is 13.0. The third-order valence-corrected chi connectivity index (χ3v) is 4.98. The second-order valence-electron chi connectivity index (χ2n) is 6.16. The fourth-order valence-electron chi connectivity index (χ4n) is 3.14. The first-order valence-corrected chi connectivity index (χ1v) is 7.68. The van der Waals surface area contributed by atoms with Crippen molar-refractivity contribution in [2.75, 3.05) is 6.54 Å². The zero-order chi connectivity index (χ0) is 15.2. The molecule has 0 aromatic heterocycles. The van der Waals surface area contributed by atoms with Crippen LogP contribution in [0.4, 0.5) is 0 Å². The van der Waals surface area contributed by atoms with E-state index in [0.717, 1.165) is 18.4 Å². The highest BCUT2D eigenvalue weighted by atomic mass is 35.5. The molecule has 3 rings (SSSR count). The fraction of sp³-hybridized carbons (Fsp3) is 0.500. The van der Waals surface area contributed by atoms with Crippen molar-refractivity contribution in [2.45, 2.75) is 38.3 Å². The summed E-state index contributed by atoms with van der Waals surface area (Å²) in [5.74, 6) is 0.162. The van der Waals surface area contributed by atoms with E-state index in [9.17, 15) is 9.59 Å². The van der Waals surface area contributed by atoms with Gasteiger partial charge in [0, 0.05) is 5.02 Å². The second kappa shape index (κ2) is 5.02. The van der Waals surface area contributed by atoms with Crippen LogP contribution in [0.1, 0.15) is 38.3 Å². The highest BCUT2D eigenvalue weighted by Gasteiger charge is 2.53. The number of nitrogens with zero attached hydrogens (tertiary/aromatic N) is 1. The number of amides is 2. The molecule has 0 spiro atoms. The predicted molar refractivity (Wildman–Crippen MR) is 80.9 cm³/mol. The summed E-state index contributed by atoms with van der Waals surface area (Å²) in [5.41, 5.74) is 0.116. The molecule has 1 aliphatic heterocycles. The molecule has 1 saturated heterocycles. The Balaban J connectivity index is 1.92. The van der Waals surface area contributed by atoms with Crippen LogP contribution in [-0.2, 0) is 9.59 Å². The Kier molecular flexibility index (Phi) is 3.44. The molecule has 0 radical (unpaired) electrons. The van der Waals surface area contributed by atoms with Gasteiger partial charge in [0.15, 0.2) is 0 Å². The van der Waals surface area contributed by atoms with Gasteiger partial charge in [-0.1, -0.05) is 29.8 Å². The fourth-order valence-corrected chi connectivity index (χ4v) is 3.43. The first kappa shape index (κ1) is 14.4. The van der Waals surface area contributed by atoms with Gasteiger partial charge in [-0.2, -0.15) is 0 Å². The maximum atomic E-state index is 12.9. The summed E-state index contributed by atoms with van der Waals surface area (Å²) >= 11 is 6.23. The molecule has 2 unspecified atom stereocenters. The molecule has 2 aliphatic rings. The maximum Gasteiger partial charge on any atom is 0.249 e. The SMILES string of the molecule is CC(c1ccccc1Cl)N1CC(=O)NC(C)(C2CC2)C1=O. The van der Waals surface area contributed by atoms with E-state index in [1.165, 1.54) is 0 Å². The maximum absolute atomic E-state index is 12.9. The van der Waals surface area contributed by atoms with Crippen molar-refractivity contribution >= 4 is 23.4 Å². The minimum Gasteiger partial charge on any atom is -0.340 e. The van der Waals surface area contributed by atoms with Crippen molar-refractivity contribution in [2.24, 2.45) is 5.92 Å². The third-order valence-electron chi connectivity index (χ3n) is 4.63. The van der Waals surface area contributed by atoms with E-state index in [0.29, 0.717) is 5.02 Å². The van der Waals surface area contributed by atoms with Crippen LogP contribution < -0.4 is 5.32 Å². The third kappa shape index (κ3) is 2.42. The van der Waals surface area contributed by atoms with E-state index >= 15 is 0 Å². The van der Waals surface area contributed by atoms with Gasteiger partial charge in [-0.15, -0.1) is 0 Å². The number of benzene rings is 1. The van der Waals surface area contributed by atoms with Crippen LogP contribution in [0.15, 0.2) is 24.3 Å². The van der Waals surface area contributed by atoms with Crippen LogP contribution in [0, 0.1) is 5.92 Å². The molecule has 2 amide bonds. The lowest BCUT2D eigenvalue weighted by Gasteiger charge is -2.43. The lowest BCUT2D eigenvalue weighted by molar-refractivity contribution is -0.152. The lowest BCUT2D eigenvalue weighted by Crippen LogP contribution is -2.66. The van der Waals surface area contributed by atoms with Crippen molar-refractivity contribution in [1.29, 1.82) is 0 Å². The summed E-state index contributed by atoms with van der Waals surface area (Å²) in [5, 5.41) is 3.51. The first-order valence-electron chi connectivity index (χ1n) is 7.30. The summed E-state index contributed by atoms with van der Waals surface area (Å²) < 4.78 is 0. The quantitative estimate of drug-likeness (QED) is 0.933. The Labute approximate surface area is 129 Å². The monoisotopic (exact) mass is 306 g/mol. The zero-order valence-electron chi connectivity index (χ0n) is 12.2. The number of rotatable bonds is 3. The number of hydrogen-bond donors (Lipinski definition) is 1. The van der Waals surface area contributed by atoms with Crippen LogP contribution in [-0.4, -0.2) is 28.8 Å². The van der Waals surface area contributed by atoms with E-state index in [1.54, 1.807) is 4.90 Å². The topological polar surface area (TPSA) is 49.4 Å². The molecule has 2 fully saturated rings. The molecule has 0 bridgehead atoms. The van der Waals surface area contributed by atoms with Crippen molar-refractivity contribution in [3.8, 4) is 0 Å². The standard InChI is InChI=1S/C16H19ClN2O2/c1-10(12-5-3-4-6-13(12)17)19-9-14(20)18-16(2,15(19)21)11-7-8-11/h3-6,10-11H,7-9H2,1-2H3,(H,18,20). The molecule has 1 aliphatic carbocycles. The van der Waals surface area contributed by atoms with Crippen molar-refractivity contribution in [3.05, 3.63) is 34.9 Å². The molecule has 112 valence electrons. The number of piperazine rings is 1. The van der Waals surface area contributed by atoms with Gasteiger partial charge in [-0.25, -0.2) is 0 Å². The Morgan fingerprint density at radius 1 is 1.33 bits per heavy atom. The Bertz CT molecular complexity index is 600. The van der Waals surface area contributed by atoms with E-state index in [2.05, 4.69) is 5.32 Å². The average molecular weight is 307 g/mol. The van der Waals surface area contributed by atoms with Crippen LogP contribution in [0.25, 0.3) is 0 Å². The van der Waals surface area contributed by atoms with Crippen LogP contribution >= 0.6 is 11.6 Å². The minimum absolute atomic E-state index is 0.00276. The van der Waals surface area contributed by atoms with E-state index in [-0.39, 0.29) is 30.3 Å². The number of hydrogen-bond acceptors (Lipinski definition) is 2. The highest BCUT2D eigenvalue weighted by molar-refractivity contribution is 6.31. The summed E-state index contributed by atoms with van der Waals surface area (Å²) in [6.45, 7) is 3.86. The molecule has 4 nitrogen and oxygen atoms in total. The van der Waals surface area contributed by atoms with Gasteiger partial charge in [0.25, 0.3) is 0 Å². The van der Waals surface area contributed by atoms with Gasteiger partial charge in [0.2, 0.25) is 11.8 Å². The van der Waals surface area contributed by atoms with Crippen LogP contribution in [0.5, 0.6) is 0 Å². The molecule has 2 atom stereocenters. The summed E-state index contributed by atoms with van der Waals surface area (Å²) in [4.78, 5) is 26.6. The predicted octanol–water partition coefficient (Wildman–Crippen LogP) is 2.53. The van der Waals surface area contributed by atoms with Gasteiger partial charge in [0.05, 0.1) is 6.04 Å². The number of carbonyl (C=O) groups excluding carboxylic acids is 2. The van der Waals surface area contributed by atoms with Crippen molar-refractivity contribution < 1.29 is 9.59 Å². The summed E-state index contributed by atoms with van der Waals surface area (Å²) in [7, 11) is 0. The normalized spacial score (nSPS) is 27.5. The van der Waals surface area contributed by atoms with Crippen molar-refractivity contribution in [3.63, 3.8) is 0 Å². The Morgan fingerprint density at radius 3 is 2.62 bits per heavy atom. The molecule has 1 N–H and O–H groups in total. The second-order valence-corrected chi connectivity index (χ2v) is 6.56. The highest BCUT2D eigenvalue weighted by Crippen LogP contribution is 2.43. The van der Waals surface area contributed by atoms with Crippen LogP contribution in [0.3, 0.4) is 0 Å². The molecule has 1 aromatic rings. The van der Waals surface area contributed by atoms with Gasteiger partial charge in [0.1, 0.15) is 12.1 Å². The molecular formula is C16H19ClN2O2. The largest absolute Gasteiger partial charge is 0.340 e. The molecule has 21 heavy (non-hydrogen) atoms. The lowest BCUT2D eigenvalue weighted by atomic mass is 9.90. The first-order chi connectivity index (χ1) is 9.93.